The largest absolute Gasteiger partial charge is 0.469 e. The van der Waals surface area contributed by atoms with Crippen molar-refractivity contribution in [2.24, 2.45) is 0 Å². The summed E-state index contributed by atoms with van der Waals surface area (Å²) in [5, 5.41) is 3.70. The molecule has 0 aliphatic rings. The summed E-state index contributed by atoms with van der Waals surface area (Å²) in [6.07, 6.45) is 2.16. The minimum Gasteiger partial charge on any atom is -0.469 e. The topological polar surface area (TPSA) is 65.2 Å². The SMILES string of the molecule is CCc1occc1-c1onc(N)c1-c1cc(F)cc(F)c1. The Kier molecular flexibility index (Phi) is 3.21. The standard InChI is InChI=1S/C15H12F2N2O2/c1-2-12-11(3-4-20-12)14-13(15(18)19-21-14)8-5-9(16)7-10(17)6-8/h3-7H,2H2,1H3,(H2,18,19). The summed E-state index contributed by atoms with van der Waals surface area (Å²) >= 11 is 0. The summed E-state index contributed by atoms with van der Waals surface area (Å²) in [4.78, 5) is 0. The van der Waals surface area contributed by atoms with E-state index < -0.39 is 11.6 Å². The molecule has 0 atom stereocenters. The average molecular weight is 290 g/mol. The van der Waals surface area contributed by atoms with Crippen molar-refractivity contribution in [3.05, 3.63) is 47.9 Å². The first-order chi connectivity index (χ1) is 10.1. The van der Waals surface area contributed by atoms with Gasteiger partial charge in [0.05, 0.1) is 17.4 Å². The third-order valence-electron chi connectivity index (χ3n) is 3.18. The molecule has 2 N–H and O–H groups in total. The van der Waals surface area contributed by atoms with Crippen molar-refractivity contribution in [2.75, 3.05) is 5.73 Å². The highest BCUT2D eigenvalue weighted by molar-refractivity contribution is 5.87. The van der Waals surface area contributed by atoms with E-state index in [1.165, 1.54) is 18.4 Å². The first-order valence-electron chi connectivity index (χ1n) is 6.38. The van der Waals surface area contributed by atoms with E-state index in [4.69, 9.17) is 14.7 Å². The third-order valence-corrected chi connectivity index (χ3v) is 3.18. The Labute approximate surface area is 119 Å². The van der Waals surface area contributed by atoms with Crippen LogP contribution < -0.4 is 5.73 Å². The van der Waals surface area contributed by atoms with E-state index in [0.717, 1.165) is 6.07 Å². The van der Waals surface area contributed by atoms with Crippen LogP contribution in [0.25, 0.3) is 22.5 Å². The van der Waals surface area contributed by atoms with Gasteiger partial charge in [0.25, 0.3) is 0 Å². The highest BCUT2D eigenvalue weighted by Gasteiger charge is 2.22. The van der Waals surface area contributed by atoms with Crippen molar-refractivity contribution < 1.29 is 17.7 Å². The van der Waals surface area contributed by atoms with Crippen molar-refractivity contribution in [3.8, 4) is 22.5 Å². The maximum Gasteiger partial charge on any atom is 0.180 e. The minimum absolute atomic E-state index is 0.0678. The molecular formula is C15H12F2N2O2. The van der Waals surface area contributed by atoms with Crippen LogP contribution in [-0.4, -0.2) is 5.16 Å². The lowest BCUT2D eigenvalue weighted by atomic mass is 10.0. The van der Waals surface area contributed by atoms with E-state index in [0.29, 0.717) is 29.1 Å². The van der Waals surface area contributed by atoms with E-state index >= 15 is 0 Å². The molecule has 0 aliphatic carbocycles. The molecule has 108 valence electrons. The second kappa shape index (κ2) is 5.05. The van der Waals surface area contributed by atoms with Crippen molar-refractivity contribution in [1.29, 1.82) is 0 Å². The minimum atomic E-state index is -0.695. The number of aromatic nitrogens is 1. The van der Waals surface area contributed by atoms with Crippen LogP contribution in [0.4, 0.5) is 14.6 Å². The van der Waals surface area contributed by atoms with Crippen LogP contribution in [0, 0.1) is 11.6 Å². The number of halogens is 2. The number of nitrogens with zero attached hydrogens (tertiary/aromatic N) is 1. The summed E-state index contributed by atoms with van der Waals surface area (Å²) < 4.78 is 37.4. The molecule has 0 spiro atoms. The number of benzene rings is 1. The molecule has 4 nitrogen and oxygen atoms in total. The van der Waals surface area contributed by atoms with Crippen molar-refractivity contribution in [3.63, 3.8) is 0 Å². The molecular weight excluding hydrogens is 278 g/mol. The van der Waals surface area contributed by atoms with Gasteiger partial charge in [-0.3, -0.25) is 0 Å². The average Bonchev–Trinajstić information content (AvgIpc) is 3.02. The lowest BCUT2D eigenvalue weighted by molar-refractivity contribution is 0.433. The Morgan fingerprint density at radius 3 is 2.57 bits per heavy atom. The number of hydrogen-bond donors (Lipinski definition) is 1. The monoisotopic (exact) mass is 290 g/mol. The van der Waals surface area contributed by atoms with E-state index in [1.54, 1.807) is 6.07 Å². The molecule has 0 amide bonds. The second-order valence-corrected chi connectivity index (χ2v) is 4.54. The Balaban J connectivity index is 2.22. The molecule has 0 fully saturated rings. The Morgan fingerprint density at radius 1 is 1.19 bits per heavy atom. The van der Waals surface area contributed by atoms with Gasteiger partial charge in [0.1, 0.15) is 17.4 Å². The molecule has 3 aromatic rings. The zero-order valence-corrected chi connectivity index (χ0v) is 11.2. The number of furan rings is 1. The number of nitrogens with two attached hydrogens (primary N) is 1. The second-order valence-electron chi connectivity index (χ2n) is 4.54. The number of nitrogen functional groups attached to an aromatic ring is 1. The van der Waals surface area contributed by atoms with Crippen molar-refractivity contribution >= 4 is 5.82 Å². The highest BCUT2D eigenvalue weighted by atomic mass is 19.1. The molecule has 21 heavy (non-hydrogen) atoms. The molecule has 1 aromatic carbocycles. The number of anilines is 1. The molecule has 0 aliphatic heterocycles. The molecule has 0 radical (unpaired) electrons. The smallest absolute Gasteiger partial charge is 0.180 e. The third kappa shape index (κ3) is 2.29. The zero-order valence-electron chi connectivity index (χ0n) is 11.2. The molecule has 6 heteroatoms. The predicted molar refractivity (Wildman–Crippen MR) is 73.3 cm³/mol. The summed E-state index contributed by atoms with van der Waals surface area (Å²) in [5.74, 6) is -0.301. The Morgan fingerprint density at radius 2 is 1.90 bits per heavy atom. The lowest BCUT2D eigenvalue weighted by Gasteiger charge is -2.03. The van der Waals surface area contributed by atoms with Gasteiger partial charge in [-0.1, -0.05) is 12.1 Å². The maximum absolute atomic E-state index is 13.4. The molecule has 2 heterocycles. The van der Waals surface area contributed by atoms with Crippen molar-refractivity contribution in [2.45, 2.75) is 13.3 Å². The Bertz CT molecular complexity index is 773. The summed E-state index contributed by atoms with van der Waals surface area (Å²) in [6.45, 7) is 1.92. The molecule has 0 saturated carbocycles. The molecule has 0 bridgehead atoms. The molecule has 3 rings (SSSR count). The normalized spacial score (nSPS) is 11.0. The fraction of sp³-hybridized carbons (Fsp3) is 0.133. The quantitative estimate of drug-likeness (QED) is 0.791. The molecule has 0 saturated heterocycles. The zero-order chi connectivity index (χ0) is 15.0. The van der Waals surface area contributed by atoms with Gasteiger partial charge in [0, 0.05) is 12.5 Å². The first kappa shape index (κ1) is 13.4. The fourth-order valence-corrected chi connectivity index (χ4v) is 2.28. The van der Waals surface area contributed by atoms with E-state index in [9.17, 15) is 8.78 Å². The van der Waals surface area contributed by atoms with Gasteiger partial charge in [0.15, 0.2) is 11.6 Å². The van der Waals surface area contributed by atoms with Gasteiger partial charge in [-0.15, -0.1) is 0 Å². The fourth-order valence-electron chi connectivity index (χ4n) is 2.28. The van der Waals surface area contributed by atoms with Crippen LogP contribution in [0.15, 0.2) is 39.5 Å². The van der Waals surface area contributed by atoms with Gasteiger partial charge in [-0.2, -0.15) is 0 Å². The summed E-state index contributed by atoms with van der Waals surface area (Å²) in [6, 6.07) is 4.86. The highest BCUT2D eigenvalue weighted by Crippen LogP contribution is 2.39. The number of aryl methyl sites for hydroxylation is 1. The van der Waals surface area contributed by atoms with Gasteiger partial charge < -0.3 is 14.7 Å². The number of hydrogen-bond acceptors (Lipinski definition) is 4. The van der Waals surface area contributed by atoms with E-state index in [2.05, 4.69) is 5.16 Å². The first-order valence-corrected chi connectivity index (χ1v) is 6.38. The summed E-state index contributed by atoms with van der Waals surface area (Å²) in [5.41, 5.74) is 7.08. The predicted octanol–water partition coefficient (Wildman–Crippen LogP) is 4.02. The van der Waals surface area contributed by atoms with Crippen LogP contribution in [0.2, 0.25) is 0 Å². The van der Waals surface area contributed by atoms with Gasteiger partial charge in [-0.25, -0.2) is 8.78 Å². The van der Waals surface area contributed by atoms with Crippen LogP contribution in [-0.2, 0) is 6.42 Å². The van der Waals surface area contributed by atoms with Crippen LogP contribution in [0.3, 0.4) is 0 Å². The van der Waals surface area contributed by atoms with Gasteiger partial charge >= 0.3 is 0 Å². The van der Waals surface area contributed by atoms with Crippen LogP contribution in [0.5, 0.6) is 0 Å². The van der Waals surface area contributed by atoms with Crippen LogP contribution in [0.1, 0.15) is 12.7 Å². The van der Waals surface area contributed by atoms with Gasteiger partial charge in [-0.05, 0) is 23.8 Å². The van der Waals surface area contributed by atoms with Gasteiger partial charge in [0.2, 0.25) is 0 Å². The number of rotatable bonds is 3. The van der Waals surface area contributed by atoms with E-state index in [-0.39, 0.29) is 11.4 Å². The molecule has 0 unspecified atom stereocenters. The van der Waals surface area contributed by atoms with E-state index in [1.807, 2.05) is 6.92 Å². The molecule has 2 aromatic heterocycles. The summed E-state index contributed by atoms with van der Waals surface area (Å²) in [7, 11) is 0. The van der Waals surface area contributed by atoms with Crippen LogP contribution >= 0.6 is 0 Å². The lowest BCUT2D eigenvalue weighted by Crippen LogP contribution is -1.91. The maximum atomic E-state index is 13.4. The van der Waals surface area contributed by atoms with Crippen molar-refractivity contribution in [1.82, 2.24) is 5.16 Å². The Hall–Kier alpha value is -2.63.